The van der Waals surface area contributed by atoms with Crippen molar-refractivity contribution in [1.82, 2.24) is 19.5 Å². The third-order valence-corrected chi connectivity index (χ3v) is 4.08. The third-order valence-electron chi connectivity index (χ3n) is 4.08. The van der Waals surface area contributed by atoms with Crippen molar-refractivity contribution >= 4 is 17.6 Å². The number of anilines is 2. The van der Waals surface area contributed by atoms with E-state index in [0.29, 0.717) is 38.7 Å². The van der Waals surface area contributed by atoms with Gasteiger partial charge in [-0.15, -0.1) is 0 Å². The predicted molar refractivity (Wildman–Crippen MR) is 94.7 cm³/mol. The zero-order valence-electron chi connectivity index (χ0n) is 14.3. The lowest BCUT2D eigenvalue weighted by Gasteiger charge is -2.25. The van der Waals surface area contributed by atoms with E-state index in [1.54, 1.807) is 17.0 Å². The first-order chi connectivity index (χ1) is 13.2. The van der Waals surface area contributed by atoms with Crippen molar-refractivity contribution in [3.63, 3.8) is 0 Å². The smallest absolute Gasteiger partial charge is 0.414 e. The van der Waals surface area contributed by atoms with Crippen LogP contribution in [-0.2, 0) is 13.1 Å². The number of rotatable bonds is 5. The molecule has 3 aromatic heterocycles. The monoisotopic (exact) mass is 371 g/mol. The molecule has 0 unspecified atom stereocenters. The van der Waals surface area contributed by atoms with Gasteiger partial charge in [0.05, 0.1) is 19.4 Å². The highest BCUT2D eigenvalue weighted by atomic mass is 16.6. The maximum Gasteiger partial charge on any atom is 0.414 e. The molecule has 0 saturated heterocycles. The van der Waals surface area contributed by atoms with Gasteiger partial charge in [0.25, 0.3) is 0 Å². The summed E-state index contributed by atoms with van der Waals surface area (Å²) in [6, 6.07) is 5.78. The van der Waals surface area contributed by atoms with Gasteiger partial charge in [-0.2, -0.15) is 4.98 Å². The van der Waals surface area contributed by atoms with Crippen molar-refractivity contribution in [3.8, 4) is 6.01 Å². The highest BCUT2D eigenvalue weighted by Gasteiger charge is 2.23. The Kier molecular flexibility index (Phi) is 4.56. The van der Waals surface area contributed by atoms with Gasteiger partial charge >= 0.3 is 11.8 Å². The molecule has 0 aliphatic carbocycles. The van der Waals surface area contributed by atoms with Crippen LogP contribution in [0.25, 0.3) is 0 Å². The van der Waals surface area contributed by atoms with E-state index in [-0.39, 0.29) is 11.8 Å². The summed E-state index contributed by atoms with van der Waals surface area (Å²) in [5.74, 6) is 1.81. The molecule has 1 aliphatic heterocycles. The normalized spacial score (nSPS) is 14.0. The molecule has 11 heteroatoms. The first-order valence-electron chi connectivity index (χ1n) is 8.37. The summed E-state index contributed by atoms with van der Waals surface area (Å²) < 4.78 is 12.5. The third kappa shape index (κ3) is 3.81. The summed E-state index contributed by atoms with van der Waals surface area (Å²) in [5.41, 5.74) is 0. The quantitative estimate of drug-likeness (QED) is 0.527. The van der Waals surface area contributed by atoms with E-state index in [4.69, 9.17) is 9.15 Å². The van der Waals surface area contributed by atoms with E-state index in [1.807, 2.05) is 23.1 Å². The molecular formula is C16H17N7O4. The molecule has 4 heterocycles. The number of nitrogens with zero attached hydrogens (tertiary/aromatic N) is 6. The number of nitro groups is 1. The van der Waals surface area contributed by atoms with Crippen molar-refractivity contribution in [3.05, 3.63) is 52.7 Å². The molecule has 0 bridgehead atoms. The lowest BCUT2D eigenvalue weighted by atomic mass is 10.4. The summed E-state index contributed by atoms with van der Waals surface area (Å²) in [5, 5.41) is 14.0. The minimum absolute atomic E-state index is 0.218. The molecule has 3 aromatic rings. The van der Waals surface area contributed by atoms with E-state index in [9.17, 15) is 10.1 Å². The van der Waals surface area contributed by atoms with Crippen LogP contribution in [0.1, 0.15) is 5.76 Å². The van der Waals surface area contributed by atoms with Crippen LogP contribution in [0.4, 0.5) is 17.6 Å². The van der Waals surface area contributed by atoms with Crippen molar-refractivity contribution in [1.29, 1.82) is 0 Å². The summed E-state index contributed by atoms with van der Waals surface area (Å²) in [6.07, 6.45) is 4.68. The standard InChI is InChI=1S/C16H17N7O4/c24-23(25)14-11-22-6-5-21(7-9-27-16(22)20-14)13-3-4-17-15(19-13)18-10-12-2-1-8-26-12/h1-4,8,11H,5-7,9-10H2,(H,17,18,19). The van der Waals surface area contributed by atoms with Gasteiger partial charge in [-0.05, 0) is 23.1 Å². The fourth-order valence-electron chi connectivity index (χ4n) is 2.76. The average Bonchev–Trinajstić information content (AvgIpc) is 3.30. The number of ether oxygens (including phenoxy) is 1. The Morgan fingerprint density at radius 1 is 1.26 bits per heavy atom. The molecule has 1 aliphatic rings. The molecule has 0 radical (unpaired) electrons. The number of hydrogen-bond donors (Lipinski definition) is 1. The lowest BCUT2D eigenvalue weighted by Crippen LogP contribution is -2.34. The molecule has 11 nitrogen and oxygen atoms in total. The minimum atomic E-state index is -0.527. The SMILES string of the molecule is O=[N+]([O-])c1cn2c(n1)OCCN(c1ccnc(NCc3ccco3)n1)CC2. The van der Waals surface area contributed by atoms with E-state index in [1.165, 1.54) is 6.20 Å². The van der Waals surface area contributed by atoms with Gasteiger partial charge in [-0.3, -0.25) is 4.57 Å². The van der Waals surface area contributed by atoms with Gasteiger partial charge in [0.2, 0.25) is 5.95 Å². The highest BCUT2D eigenvalue weighted by molar-refractivity contribution is 5.42. The summed E-state index contributed by atoms with van der Waals surface area (Å²) in [7, 11) is 0. The molecule has 1 N–H and O–H groups in total. The lowest BCUT2D eigenvalue weighted by molar-refractivity contribution is -0.389. The van der Waals surface area contributed by atoms with E-state index in [2.05, 4.69) is 20.3 Å². The molecule has 4 rings (SSSR count). The van der Waals surface area contributed by atoms with Crippen LogP contribution >= 0.6 is 0 Å². The van der Waals surface area contributed by atoms with Gasteiger partial charge in [0, 0.05) is 24.3 Å². The summed E-state index contributed by atoms with van der Waals surface area (Å²) in [6.45, 7) is 2.51. The van der Waals surface area contributed by atoms with Crippen LogP contribution < -0.4 is 15.0 Å². The maximum absolute atomic E-state index is 10.9. The molecule has 0 fully saturated rings. The van der Waals surface area contributed by atoms with Crippen LogP contribution in [0, 0.1) is 10.1 Å². The largest absolute Gasteiger partial charge is 0.467 e. The second-order valence-corrected chi connectivity index (χ2v) is 5.84. The number of furan rings is 1. The van der Waals surface area contributed by atoms with Crippen LogP contribution in [0.2, 0.25) is 0 Å². The molecular weight excluding hydrogens is 354 g/mol. The van der Waals surface area contributed by atoms with E-state index < -0.39 is 4.92 Å². The Bertz CT molecular complexity index is 925. The number of hydrogen-bond acceptors (Lipinski definition) is 9. The topological polar surface area (TPSA) is 124 Å². The molecule has 27 heavy (non-hydrogen) atoms. The van der Waals surface area contributed by atoms with Crippen LogP contribution in [0.15, 0.2) is 41.3 Å². The van der Waals surface area contributed by atoms with Gasteiger partial charge in [-0.1, -0.05) is 0 Å². The van der Waals surface area contributed by atoms with Crippen LogP contribution in [-0.4, -0.2) is 44.1 Å². The Balaban J connectivity index is 1.45. The first kappa shape index (κ1) is 16.8. The number of aromatic nitrogens is 4. The van der Waals surface area contributed by atoms with Gasteiger partial charge in [0.1, 0.15) is 24.4 Å². The van der Waals surface area contributed by atoms with Crippen LogP contribution in [0.3, 0.4) is 0 Å². The Morgan fingerprint density at radius 2 is 2.19 bits per heavy atom. The summed E-state index contributed by atoms with van der Waals surface area (Å²) >= 11 is 0. The zero-order valence-corrected chi connectivity index (χ0v) is 14.3. The van der Waals surface area contributed by atoms with Crippen LogP contribution in [0.5, 0.6) is 6.01 Å². The molecule has 0 aromatic carbocycles. The van der Waals surface area contributed by atoms with Gasteiger partial charge in [-0.25, -0.2) is 4.98 Å². The second-order valence-electron chi connectivity index (χ2n) is 5.84. The average molecular weight is 371 g/mol. The van der Waals surface area contributed by atoms with Crippen molar-refractivity contribution in [2.24, 2.45) is 0 Å². The Labute approximate surface area is 153 Å². The van der Waals surface area contributed by atoms with Crippen molar-refractivity contribution in [2.45, 2.75) is 13.1 Å². The fourth-order valence-corrected chi connectivity index (χ4v) is 2.76. The molecule has 0 saturated carbocycles. The molecule has 0 amide bonds. The Morgan fingerprint density at radius 3 is 3.00 bits per heavy atom. The zero-order chi connectivity index (χ0) is 18.6. The van der Waals surface area contributed by atoms with Crippen molar-refractivity contribution < 1.29 is 14.1 Å². The fraction of sp³-hybridized carbons (Fsp3) is 0.312. The highest BCUT2D eigenvalue weighted by Crippen LogP contribution is 2.21. The molecule has 140 valence electrons. The van der Waals surface area contributed by atoms with E-state index >= 15 is 0 Å². The summed E-state index contributed by atoms with van der Waals surface area (Å²) in [4.78, 5) is 25.0. The number of imidazole rings is 1. The number of nitrogens with one attached hydrogen (secondary N) is 1. The Hall–Kier alpha value is -3.63. The molecule has 0 atom stereocenters. The van der Waals surface area contributed by atoms with E-state index in [0.717, 1.165) is 11.6 Å². The van der Waals surface area contributed by atoms with Crippen molar-refractivity contribution in [2.75, 3.05) is 29.9 Å². The maximum atomic E-state index is 10.9. The first-order valence-corrected chi connectivity index (χ1v) is 8.37. The second kappa shape index (κ2) is 7.32. The minimum Gasteiger partial charge on any atom is -0.467 e. The molecule has 0 spiro atoms. The van der Waals surface area contributed by atoms with Gasteiger partial charge in [0.15, 0.2) is 0 Å². The predicted octanol–water partition coefficient (Wildman–Crippen LogP) is 1.69. The number of fused-ring (bicyclic) bond motifs is 1. The van der Waals surface area contributed by atoms with Gasteiger partial charge < -0.3 is 29.5 Å².